The average molecular weight is 258 g/mol. The van der Waals surface area contributed by atoms with Crippen LogP contribution in [-0.4, -0.2) is 17.4 Å². The molecule has 76 valence electrons. The first kappa shape index (κ1) is 11.1. The molecule has 0 bridgehead atoms. The Labute approximate surface area is 91.0 Å². The summed E-state index contributed by atoms with van der Waals surface area (Å²) in [6.07, 6.45) is 2.10. The Hall–Kier alpha value is -0.940. The van der Waals surface area contributed by atoms with Crippen molar-refractivity contribution in [1.82, 2.24) is 10.3 Å². The van der Waals surface area contributed by atoms with Gasteiger partial charge < -0.3 is 11.1 Å². The maximum Gasteiger partial charge on any atom is 0.218 e. The van der Waals surface area contributed by atoms with Gasteiger partial charge in [0.25, 0.3) is 0 Å². The van der Waals surface area contributed by atoms with Crippen molar-refractivity contribution in [2.75, 3.05) is 6.54 Å². The van der Waals surface area contributed by atoms with E-state index in [-0.39, 0.29) is 5.91 Å². The Kier molecular flexibility index (Phi) is 4.55. The lowest BCUT2D eigenvalue weighted by molar-refractivity contribution is -0.117. The number of nitrogens with one attached hydrogen (secondary N) is 1. The number of primary amides is 1. The van der Waals surface area contributed by atoms with Crippen molar-refractivity contribution in [3.63, 3.8) is 0 Å². The molecule has 0 fully saturated rings. The van der Waals surface area contributed by atoms with Gasteiger partial charge in [0, 0.05) is 30.2 Å². The lowest BCUT2D eigenvalue weighted by Gasteiger charge is -2.02. The first-order valence-electron chi connectivity index (χ1n) is 4.28. The topological polar surface area (TPSA) is 68.0 Å². The van der Waals surface area contributed by atoms with Crippen LogP contribution in [-0.2, 0) is 11.3 Å². The second-order valence-corrected chi connectivity index (χ2v) is 3.78. The van der Waals surface area contributed by atoms with Crippen LogP contribution in [0.4, 0.5) is 0 Å². The third-order valence-electron chi connectivity index (χ3n) is 1.64. The monoisotopic (exact) mass is 257 g/mol. The van der Waals surface area contributed by atoms with Gasteiger partial charge in [-0.05, 0) is 28.1 Å². The summed E-state index contributed by atoms with van der Waals surface area (Å²) >= 11 is 3.30. The molecule has 3 N–H and O–H groups in total. The third-order valence-corrected chi connectivity index (χ3v) is 2.11. The van der Waals surface area contributed by atoms with Crippen molar-refractivity contribution < 1.29 is 4.79 Å². The van der Waals surface area contributed by atoms with Crippen molar-refractivity contribution >= 4 is 21.8 Å². The molecule has 0 saturated heterocycles. The molecule has 5 heteroatoms. The summed E-state index contributed by atoms with van der Waals surface area (Å²) in [6.45, 7) is 1.24. The number of aromatic nitrogens is 1. The standard InChI is InChI=1S/C9H12BrN3O/c10-7-1-2-8(13-5-7)6-12-4-3-9(11)14/h1-2,5,12H,3-4,6H2,(H2,11,14). The van der Waals surface area contributed by atoms with E-state index in [1.807, 2.05) is 12.1 Å². The summed E-state index contributed by atoms with van der Waals surface area (Å²) in [5, 5.41) is 3.07. The minimum Gasteiger partial charge on any atom is -0.370 e. The zero-order valence-corrected chi connectivity index (χ0v) is 9.25. The van der Waals surface area contributed by atoms with E-state index in [0.29, 0.717) is 19.5 Å². The molecule has 1 heterocycles. The molecule has 1 aromatic rings. The van der Waals surface area contributed by atoms with Gasteiger partial charge in [-0.25, -0.2) is 0 Å². The fraction of sp³-hybridized carbons (Fsp3) is 0.333. The zero-order chi connectivity index (χ0) is 10.4. The number of pyridine rings is 1. The molecule has 0 aliphatic rings. The molecule has 4 nitrogen and oxygen atoms in total. The Morgan fingerprint density at radius 1 is 1.57 bits per heavy atom. The SMILES string of the molecule is NC(=O)CCNCc1ccc(Br)cn1. The fourth-order valence-corrected chi connectivity index (χ4v) is 1.17. The number of halogens is 1. The average Bonchev–Trinajstić information content (AvgIpc) is 2.15. The predicted molar refractivity (Wildman–Crippen MR) is 57.5 cm³/mol. The van der Waals surface area contributed by atoms with Gasteiger partial charge in [-0.2, -0.15) is 0 Å². The molecule has 0 unspecified atom stereocenters. The van der Waals surface area contributed by atoms with Crippen LogP contribution in [0.1, 0.15) is 12.1 Å². The van der Waals surface area contributed by atoms with Gasteiger partial charge in [-0.3, -0.25) is 9.78 Å². The molecule has 14 heavy (non-hydrogen) atoms. The second-order valence-electron chi connectivity index (χ2n) is 2.86. The largest absolute Gasteiger partial charge is 0.370 e. The van der Waals surface area contributed by atoms with Gasteiger partial charge in [0.2, 0.25) is 5.91 Å². The third kappa shape index (κ3) is 4.34. The number of amides is 1. The molecule has 0 radical (unpaired) electrons. The van der Waals surface area contributed by atoms with Crippen LogP contribution in [0, 0.1) is 0 Å². The van der Waals surface area contributed by atoms with Crippen LogP contribution in [0.3, 0.4) is 0 Å². The highest BCUT2D eigenvalue weighted by Crippen LogP contribution is 2.06. The van der Waals surface area contributed by atoms with E-state index < -0.39 is 0 Å². The molecule has 1 aromatic heterocycles. The minimum absolute atomic E-state index is 0.290. The van der Waals surface area contributed by atoms with Crippen LogP contribution in [0.15, 0.2) is 22.8 Å². The van der Waals surface area contributed by atoms with E-state index in [4.69, 9.17) is 5.73 Å². The maximum atomic E-state index is 10.4. The van der Waals surface area contributed by atoms with Crippen LogP contribution < -0.4 is 11.1 Å². The molecule has 0 aromatic carbocycles. The Bertz CT molecular complexity index is 299. The Balaban J connectivity index is 2.25. The highest BCUT2D eigenvalue weighted by molar-refractivity contribution is 9.10. The van der Waals surface area contributed by atoms with E-state index in [1.165, 1.54) is 0 Å². The summed E-state index contributed by atoms with van der Waals surface area (Å²) in [5.74, 6) is -0.290. The van der Waals surface area contributed by atoms with E-state index in [0.717, 1.165) is 10.2 Å². The van der Waals surface area contributed by atoms with Crippen molar-refractivity contribution in [2.24, 2.45) is 5.73 Å². The molecule has 0 aliphatic heterocycles. The number of carbonyl (C=O) groups is 1. The summed E-state index contributed by atoms with van der Waals surface area (Å²) in [7, 11) is 0. The Morgan fingerprint density at radius 3 is 2.93 bits per heavy atom. The summed E-state index contributed by atoms with van der Waals surface area (Å²) in [4.78, 5) is 14.6. The molecule has 1 amide bonds. The van der Waals surface area contributed by atoms with Gasteiger partial charge in [0.1, 0.15) is 0 Å². The van der Waals surface area contributed by atoms with Gasteiger partial charge in [0.15, 0.2) is 0 Å². The van der Waals surface area contributed by atoms with E-state index in [9.17, 15) is 4.79 Å². The van der Waals surface area contributed by atoms with E-state index >= 15 is 0 Å². The second kappa shape index (κ2) is 5.72. The highest BCUT2D eigenvalue weighted by Gasteiger charge is 1.95. The molecule has 1 rings (SSSR count). The van der Waals surface area contributed by atoms with Gasteiger partial charge in [-0.15, -0.1) is 0 Å². The predicted octanol–water partition coefficient (Wildman–Crippen LogP) is 0.809. The molecule has 0 aliphatic carbocycles. The van der Waals surface area contributed by atoms with Crippen LogP contribution in [0.5, 0.6) is 0 Å². The zero-order valence-electron chi connectivity index (χ0n) is 7.66. The van der Waals surface area contributed by atoms with Crippen LogP contribution in [0.2, 0.25) is 0 Å². The first-order chi connectivity index (χ1) is 6.68. The van der Waals surface area contributed by atoms with Crippen molar-refractivity contribution in [3.8, 4) is 0 Å². The summed E-state index contributed by atoms with van der Waals surface area (Å²) in [6, 6.07) is 3.85. The molecule has 0 spiro atoms. The van der Waals surface area contributed by atoms with Gasteiger partial charge in [0.05, 0.1) is 5.69 Å². The summed E-state index contributed by atoms with van der Waals surface area (Å²) < 4.78 is 0.957. The normalized spacial score (nSPS) is 10.1. The van der Waals surface area contributed by atoms with Crippen LogP contribution in [0.25, 0.3) is 0 Å². The van der Waals surface area contributed by atoms with E-state index in [1.54, 1.807) is 6.20 Å². The van der Waals surface area contributed by atoms with Crippen molar-refractivity contribution in [3.05, 3.63) is 28.5 Å². The quantitative estimate of drug-likeness (QED) is 0.768. The van der Waals surface area contributed by atoms with Gasteiger partial charge in [-0.1, -0.05) is 0 Å². The van der Waals surface area contributed by atoms with E-state index in [2.05, 4.69) is 26.2 Å². The maximum absolute atomic E-state index is 10.4. The first-order valence-corrected chi connectivity index (χ1v) is 5.07. The Morgan fingerprint density at radius 2 is 2.36 bits per heavy atom. The van der Waals surface area contributed by atoms with Crippen LogP contribution >= 0.6 is 15.9 Å². The van der Waals surface area contributed by atoms with Gasteiger partial charge >= 0.3 is 0 Å². The van der Waals surface area contributed by atoms with Crippen molar-refractivity contribution in [2.45, 2.75) is 13.0 Å². The van der Waals surface area contributed by atoms with Crippen molar-refractivity contribution in [1.29, 1.82) is 0 Å². The lowest BCUT2D eigenvalue weighted by Crippen LogP contribution is -2.21. The molecular weight excluding hydrogens is 246 g/mol. The summed E-state index contributed by atoms with van der Waals surface area (Å²) in [5.41, 5.74) is 5.93. The lowest BCUT2D eigenvalue weighted by atomic mass is 10.3. The number of rotatable bonds is 5. The molecule has 0 atom stereocenters. The highest BCUT2D eigenvalue weighted by atomic mass is 79.9. The minimum atomic E-state index is -0.290. The number of hydrogen-bond acceptors (Lipinski definition) is 3. The smallest absolute Gasteiger partial charge is 0.218 e. The fourth-order valence-electron chi connectivity index (χ4n) is 0.939. The number of nitrogens with two attached hydrogens (primary N) is 1. The molecule has 0 saturated carbocycles. The number of nitrogens with zero attached hydrogens (tertiary/aromatic N) is 1. The molecular formula is C9H12BrN3O. The number of hydrogen-bond donors (Lipinski definition) is 2. The number of carbonyl (C=O) groups excluding carboxylic acids is 1.